The Bertz CT molecular complexity index is 624. The second kappa shape index (κ2) is 9.10. The fraction of sp³-hybridized carbons (Fsp3) is 0.526. The summed E-state index contributed by atoms with van der Waals surface area (Å²) in [7, 11) is 0. The van der Waals surface area contributed by atoms with E-state index in [0.717, 1.165) is 49.7 Å². The minimum atomic E-state index is -0.451. The lowest BCUT2D eigenvalue weighted by Crippen LogP contribution is -2.48. The van der Waals surface area contributed by atoms with Crippen LogP contribution in [0.1, 0.15) is 17.0 Å². The third kappa shape index (κ3) is 5.93. The number of aliphatic hydroxyl groups is 1. The number of aromatic nitrogens is 1. The molecule has 1 saturated heterocycles. The third-order valence-corrected chi connectivity index (χ3v) is 4.42. The highest BCUT2D eigenvalue weighted by atomic mass is 16.5. The van der Waals surface area contributed by atoms with Crippen molar-refractivity contribution in [2.75, 3.05) is 39.3 Å². The second-order valence-corrected chi connectivity index (χ2v) is 6.66. The van der Waals surface area contributed by atoms with E-state index in [-0.39, 0.29) is 0 Å². The minimum absolute atomic E-state index is 0.368. The molecule has 2 aromatic rings. The van der Waals surface area contributed by atoms with Crippen LogP contribution in [-0.2, 0) is 17.9 Å². The Hall–Kier alpha value is -1.73. The van der Waals surface area contributed by atoms with Crippen molar-refractivity contribution >= 4 is 0 Å². The lowest BCUT2D eigenvalue weighted by atomic mass is 10.2. The molecule has 6 nitrogen and oxygen atoms in total. The Morgan fingerprint density at radius 3 is 2.56 bits per heavy atom. The number of hydrogen-bond donors (Lipinski definition) is 1. The fourth-order valence-corrected chi connectivity index (χ4v) is 3.09. The van der Waals surface area contributed by atoms with Crippen molar-refractivity contribution < 1.29 is 14.4 Å². The summed E-state index contributed by atoms with van der Waals surface area (Å²) >= 11 is 0. The van der Waals surface area contributed by atoms with Crippen molar-refractivity contribution in [3.8, 4) is 0 Å². The normalized spacial score (nSPS) is 17.7. The predicted molar refractivity (Wildman–Crippen MR) is 95.1 cm³/mol. The van der Waals surface area contributed by atoms with E-state index >= 15 is 0 Å². The summed E-state index contributed by atoms with van der Waals surface area (Å²) in [6.45, 7) is 8.16. The first-order valence-corrected chi connectivity index (χ1v) is 8.85. The van der Waals surface area contributed by atoms with E-state index in [0.29, 0.717) is 19.8 Å². The van der Waals surface area contributed by atoms with Crippen LogP contribution in [0.5, 0.6) is 0 Å². The second-order valence-electron chi connectivity index (χ2n) is 6.66. The van der Waals surface area contributed by atoms with Crippen molar-refractivity contribution in [1.82, 2.24) is 15.0 Å². The fourth-order valence-electron chi connectivity index (χ4n) is 3.09. The van der Waals surface area contributed by atoms with Gasteiger partial charge in [-0.1, -0.05) is 35.5 Å². The van der Waals surface area contributed by atoms with Gasteiger partial charge < -0.3 is 14.4 Å². The molecule has 1 N–H and O–H groups in total. The number of ether oxygens (including phenoxy) is 1. The van der Waals surface area contributed by atoms with E-state index in [1.54, 1.807) is 0 Å². The van der Waals surface area contributed by atoms with E-state index in [4.69, 9.17) is 9.26 Å². The lowest BCUT2D eigenvalue weighted by Gasteiger charge is -2.35. The molecule has 1 aliphatic rings. The Labute approximate surface area is 149 Å². The van der Waals surface area contributed by atoms with Crippen LogP contribution in [0.15, 0.2) is 40.9 Å². The van der Waals surface area contributed by atoms with Crippen LogP contribution in [-0.4, -0.2) is 65.5 Å². The lowest BCUT2D eigenvalue weighted by molar-refractivity contribution is 0.000754. The molecule has 0 saturated carbocycles. The molecule has 1 fully saturated rings. The third-order valence-electron chi connectivity index (χ3n) is 4.42. The Kier molecular flexibility index (Phi) is 6.58. The van der Waals surface area contributed by atoms with Gasteiger partial charge in [0, 0.05) is 45.3 Å². The van der Waals surface area contributed by atoms with Gasteiger partial charge in [0.15, 0.2) is 0 Å². The first-order valence-electron chi connectivity index (χ1n) is 8.85. The zero-order chi connectivity index (χ0) is 17.5. The van der Waals surface area contributed by atoms with Crippen molar-refractivity contribution in [3.05, 3.63) is 53.4 Å². The molecule has 1 aromatic heterocycles. The number of aliphatic hydroxyl groups excluding tert-OH is 1. The van der Waals surface area contributed by atoms with Crippen LogP contribution in [0.3, 0.4) is 0 Å². The van der Waals surface area contributed by atoms with Gasteiger partial charge in [-0.25, -0.2) is 0 Å². The van der Waals surface area contributed by atoms with Gasteiger partial charge in [0.05, 0.1) is 25.0 Å². The summed E-state index contributed by atoms with van der Waals surface area (Å²) in [4.78, 5) is 4.66. The van der Waals surface area contributed by atoms with Crippen LogP contribution in [0.2, 0.25) is 0 Å². The van der Waals surface area contributed by atoms with Crippen LogP contribution in [0.4, 0.5) is 0 Å². The van der Waals surface area contributed by atoms with Crippen LogP contribution >= 0.6 is 0 Å². The molecule has 136 valence electrons. The average molecular weight is 345 g/mol. The van der Waals surface area contributed by atoms with Gasteiger partial charge in [0.1, 0.15) is 5.76 Å². The molecule has 0 aliphatic carbocycles. The number of β-amino-alcohol motifs (C(OH)–C–C–N with tert-alkyl or cyclic N) is 1. The average Bonchev–Trinajstić information content (AvgIpc) is 3.02. The van der Waals surface area contributed by atoms with Crippen molar-refractivity contribution in [2.24, 2.45) is 0 Å². The zero-order valence-corrected chi connectivity index (χ0v) is 14.8. The summed E-state index contributed by atoms with van der Waals surface area (Å²) < 4.78 is 10.7. The number of nitrogens with zero attached hydrogens (tertiary/aromatic N) is 3. The quantitative estimate of drug-likeness (QED) is 0.785. The van der Waals surface area contributed by atoms with E-state index in [9.17, 15) is 5.11 Å². The summed E-state index contributed by atoms with van der Waals surface area (Å²) in [6.07, 6.45) is -0.451. The molecule has 0 amide bonds. The SMILES string of the molecule is Cc1cc(CN2CCN(CC(O)COCc3ccccc3)CC2)no1. The summed E-state index contributed by atoms with van der Waals surface area (Å²) in [6, 6.07) is 12.0. The van der Waals surface area contributed by atoms with Crippen molar-refractivity contribution in [3.63, 3.8) is 0 Å². The van der Waals surface area contributed by atoms with E-state index < -0.39 is 6.10 Å². The number of rotatable bonds is 8. The molecule has 1 aliphatic heterocycles. The Morgan fingerprint density at radius 1 is 1.16 bits per heavy atom. The molecule has 1 atom stereocenters. The maximum absolute atomic E-state index is 10.2. The molecule has 0 spiro atoms. The maximum atomic E-state index is 10.2. The molecule has 1 unspecified atom stereocenters. The molecule has 2 heterocycles. The molecule has 1 aromatic carbocycles. The van der Waals surface area contributed by atoms with Gasteiger partial charge in [-0.2, -0.15) is 0 Å². The first-order chi connectivity index (χ1) is 12.2. The summed E-state index contributed by atoms with van der Waals surface area (Å²) in [5.74, 6) is 0.854. The molecule has 6 heteroatoms. The number of benzene rings is 1. The van der Waals surface area contributed by atoms with E-state index in [2.05, 4.69) is 15.0 Å². The van der Waals surface area contributed by atoms with E-state index in [1.165, 1.54) is 0 Å². The summed E-state index contributed by atoms with van der Waals surface area (Å²) in [5.41, 5.74) is 2.12. The van der Waals surface area contributed by atoms with Gasteiger partial charge >= 0.3 is 0 Å². The molecular weight excluding hydrogens is 318 g/mol. The molecule has 25 heavy (non-hydrogen) atoms. The minimum Gasteiger partial charge on any atom is -0.389 e. The smallest absolute Gasteiger partial charge is 0.133 e. The molecule has 3 rings (SSSR count). The molecular formula is C19H27N3O3. The topological polar surface area (TPSA) is 62.0 Å². The van der Waals surface area contributed by atoms with Gasteiger partial charge in [0.25, 0.3) is 0 Å². The Morgan fingerprint density at radius 2 is 1.88 bits per heavy atom. The van der Waals surface area contributed by atoms with Crippen LogP contribution in [0, 0.1) is 6.92 Å². The van der Waals surface area contributed by atoms with Gasteiger partial charge in [-0.3, -0.25) is 9.80 Å². The van der Waals surface area contributed by atoms with Crippen LogP contribution < -0.4 is 0 Å². The van der Waals surface area contributed by atoms with Crippen LogP contribution in [0.25, 0.3) is 0 Å². The monoisotopic (exact) mass is 345 g/mol. The number of aryl methyl sites for hydroxylation is 1. The van der Waals surface area contributed by atoms with Gasteiger partial charge in [0.2, 0.25) is 0 Å². The maximum Gasteiger partial charge on any atom is 0.133 e. The van der Waals surface area contributed by atoms with Crippen molar-refractivity contribution in [2.45, 2.75) is 26.2 Å². The van der Waals surface area contributed by atoms with Crippen molar-refractivity contribution in [1.29, 1.82) is 0 Å². The first kappa shape index (κ1) is 18.1. The highest BCUT2D eigenvalue weighted by molar-refractivity contribution is 5.13. The number of piperazine rings is 1. The van der Waals surface area contributed by atoms with E-state index in [1.807, 2.05) is 43.3 Å². The Balaban J connectivity index is 1.31. The van der Waals surface area contributed by atoms with Gasteiger partial charge in [-0.15, -0.1) is 0 Å². The standard InChI is InChI=1S/C19H27N3O3/c1-16-11-18(20-25-16)12-21-7-9-22(10-8-21)13-19(23)15-24-14-17-5-3-2-4-6-17/h2-6,11,19,23H,7-10,12-15H2,1H3. The largest absolute Gasteiger partial charge is 0.389 e. The highest BCUT2D eigenvalue weighted by Gasteiger charge is 2.20. The molecule has 0 bridgehead atoms. The predicted octanol–water partition coefficient (Wildman–Crippen LogP) is 1.68. The summed E-state index contributed by atoms with van der Waals surface area (Å²) in [5, 5.41) is 14.2. The molecule has 0 radical (unpaired) electrons. The van der Waals surface area contributed by atoms with Gasteiger partial charge in [-0.05, 0) is 12.5 Å². The zero-order valence-electron chi connectivity index (χ0n) is 14.8. The highest BCUT2D eigenvalue weighted by Crippen LogP contribution is 2.09. The number of hydrogen-bond acceptors (Lipinski definition) is 6.